The Morgan fingerprint density at radius 2 is 1.69 bits per heavy atom. The first-order chi connectivity index (χ1) is 7.80. The molecule has 0 amide bonds. The Morgan fingerprint density at radius 3 is 2.12 bits per heavy atom. The van der Waals surface area contributed by atoms with Crippen molar-refractivity contribution >= 4 is 12.4 Å². The van der Waals surface area contributed by atoms with Crippen molar-refractivity contribution in [3.05, 3.63) is 29.8 Å². The highest BCUT2D eigenvalue weighted by Crippen LogP contribution is 2.23. The van der Waals surface area contributed by atoms with Gasteiger partial charge in [0.05, 0.1) is 13.2 Å². The van der Waals surface area contributed by atoms with Crippen molar-refractivity contribution in [2.75, 3.05) is 13.2 Å². The van der Waals surface area contributed by atoms with Gasteiger partial charge in [-0.25, -0.2) is 0 Å². The van der Waals surface area contributed by atoms with Crippen molar-refractivity contribution in [1.29, 1.82) is 0 Å². The molecule has 1 rings (SSSR count). The molecule has 0 aliphatic carbocycles. The van der Waals surface area contributed by atoms with E-state index in [1.165, 1.54) is 6.08 Å². The van der Waals surface area contributed by atoms with Crippen LogP contribution in [0.15, 0.2) is 24.3 Å². The van der Waals surface area contributed by atoms with E-state index in [1.807, 2.05) is 32.0 Å². The Balaban J connectivity index is 2.97. The van der Waals surface area contributed by atoms with Crippen LogP contribution < -0.4 is 9.47 Å². The molecule has 3 nitrogen and oxygen atoms in total. The van der Waals surface area contributed by atoms with Crippen LogP contribution in [-0.4, -0.2) is 19.5 Å². The lowest BCUT2D eigenvalue weighted by atomic mass is 10.2. The second-order valence-corrected chi connectivity index (χ2v) is 3.05. The summed E-state index contributed by atoms with van der Waals surface area (Å²) < 4.78 is 10.8. The Bertz CT molecular complexity index is 345. The van der Waals surface area contributed by atoms with Gasteiger partial charge in [0, 0.05) is 6.07 Å². The molecule has 0 heterocycles. The van der Waals surface area contributed by atoms with Crippen LogP contribution in [0.2, 0.25) is 0 Å². The third kappa shape index (κ3) is 3.77. The first-order valence-electron chi connectivity index (χ1n) is 5.25. The van der Waals surface area contributed by atoms with Gasteiger partial charge in [-0.05, 0) is 37.6 Å². The van der Waals surface area contributed by atoms with Crippen LogP contribution in [0.25, 0.3) is 6.08 Å². The topological polar surface area (TPSA) is 35.5 Å². The highest BCUT2D eigenvalue weighted by molar-refractivity contribution is 5.75. The zero-order chi connectivity index (χ0) is 11.8. The van der Waals surface area contributed by atoms with Gasteiger partial charge in [0.25, 0.3) is 0 Å². The zero-order valence-electron chi connectivity index (χ0n) is 9.53. The molecule has 0 aliphatic heterocycles. The summed E-state index contributed by atoms with van der Waals surface area (Å²) in [6.45, 7) is 5.03. The average Bonchev–Trinajstić information content (AvgIpc) is 2.27. The normalized spacial score (nSPS) is 10.4. The quantitative estimate of drug-likeness (QED) is 0.690. The Morgan fingerprint density at radius 1 is 1.12 bits per heavy atom. The lowest BCUT2D eigenvalue weighted by Crippen LogP contribution is -1.95. The predicted molar refractivity (Wildman–Crippen MR) is 63.5 cm³/mol. The number of benzene rings is 1. The molecule has 0 fully saturated rings. The lowest BCUT2D eigenvalue weighted by molar-refractivity contribution is 0.323. The molecule has 0 atom stereocenters. The minimum atomic E-state index is 0.596. The molecule has 0 spiro atoms. The summed E-state index contributed by atoms with van der Waals surface area (Å²) in [6, 6.07) is 5.52. The third-order valence-electron chi connectivity index (χ3n) is 1.87. The maximum absolute atomic E-state index is 10.1. The Labute approximate surface area is 95.7 Å². The molecule has 1 aromatic rings. The molecule has 85 valence electrons. The summed E-state index contributed by atoms with van der Waals surface area (Å²) >= 11 is 0. The van der Waals surface area contributed by atoms with E-state index in [2.05, 4.69) is 0 Å². The van der Waals surface area contributed by atoms with Gasteiger partial charge in [0.1, 0.15) is 11.5 Å². The van der Waals surface area contributed by atoms with Gasteiger partial charge in [-0.1, -0.05) is 6.08 Å². The Kier molecular flexibility index (Phi) is 5.12. The standard InChI is InChI=1S/C13H15O3/c1-3-15-12-8-11(6-5-7-14)9-13(10-12)16-4-2/h5-6,8-10H,3-4H2,1-2H3/b6-5+. The maximum atomic E-state index is 10.1. The van der Waals surface area contributed by atoms with Gasteiger partial charge in [-0.2, -0.15) is 0 Å². The molecule has 0 saturated carbocycles. The van der Waals surface area contributed by atoms with Gasteiger partial charge >= 0.3 is 0 Å². The van der Waals surface area contributed by atoms with E-state index in [0.29, 0.717) is 13.2 Å². The fraction of sp³-hybridized carbons (Fsp3) is 0.308. The van der Waals surface area contributed by atoms with Gasteiger partial charge in [0.2, 0.25) is 6.29 Å². The molecule has 0 N–H and O–H groups in total. The predicted octanol–water partition coefficient (Wildman–Crippen LogP) is 2.61. The molecule has 0 aliphatic rings. The number of allylic oxidation sites excluding steroid dienone is 1. The van der Waals surface area contributed by atoms with Crippen molar-refractivity contribution < 1.29 is 14.3 Å². The monoisotopic (exact) mass is 219 g/mol. The summed E-state index contributed by atoms with van der Waals surface area (Å²) in [5.74, 6) is 1.47. The number of hydrogen-bond acceptors (Lipinski definition) is 3. The fourth-order valence-electron chi connectivity index (χ4n) is 1.32. The Hall–Kier alpha value is -1.77. The van der Waals surface area contributed by atoms with Gasteiger partial charge in [0.15, 0.2) is 0 Å². The van der Waals surface area contributed by atoms with Crippen molar-refractivity contribution in [2.45, 2.75) is 13.8 Å². The molecule has 16 heavy (non-hydrogen) atoms. The second kappa shape index (κ2) is 6.67. The molecule has 0 unspecified atom stereocenters. The second-order valence-electron chi connectivity index (χ2n) is 3.05. The summed E-state index contributed by atoms with van der Waals surface area (Å²) in [7, 11) is 0. The molecule has 3 heteroatoms. The van der Waals surface area contributed by atoms with Crippen LogP contribution in [0, 0.1) is 0 Å². The van der Waals surface area contributed by atoms with E-state index in [1.54, 1.807) is 12.4 Å². The van der Waals surface area contributed by atoms with Crippen LogP contribution in [0.3, 0.4) is 0 Å². The van der Waals surface area contributed by atoms with Crippen molar-refractivity contribution in [3.8, 4) is 11.5 Å². The highest BCUT2D eigenvalue weighted by atomic mass is 16.5. The molecular formula is C13H15O3. The summed E-state index contributed by atoms with van der Waals surface area (Å²) in [5, 5.41) is 0. The summed E-state index contributed by atoms with van der Waals surface area (Å²) in [5.41, 5.74) is 0.859. The highest BCUT2D eigenvalue weighted by Gasteiger charge is 2.00. The molecule has 0 saturated heterocycles. The minimum Gasteiger partial charge on any atom is -0.494 e. The van der Waals surface area contributed by atoms with E-state index >= 15 is 0 Å². The van der Waals surface area contributed by atoms with Gasteiger partial charge < -0.3 is 9.47 Å². The van der Waals surface area contributed by atoms with Crippen molar-refractivity contribution in [3.63, 3.8) is 0 Å². The number of hydrogen-bond donors (Lipinski definition) is 0. The molecule has 1 radical (unpaired) electrons. The van der Waals surface area contributed by atoms with Crippen molar-refractivity contribution in [1.82, 2.24) is 0 Å². The van der Waals surface area contributed by atoms with Crippen LogP contribution in [0.4, 0.5) is 0 Å². The molecular weight excluding hydrogens is 204 g/mol. The average molecular weight is 219 g/mol. The first-order valence-corrected chi connectivity index (χ1v) is 5.25. The number of rotatable bonds is 6. The number of ether oxygens (including phenoxy) is 2. The van der Waals surface area contributed by atoms with Crippen LogP contribution in [-0.2, 0) is 4.79 Å². The van der Waals surface area contributed by atoms with E-state index in [4.69, 9.17) is 9.47 Å². The number of carbonyl (C=O) groups excluding carboxylic acids is 1. The largest absolute Gasteiger partial charge is 0.494 e. The maximum Gasteiger partial charge on any atom is 0.225 e. The third-order valence-corrected chi connectivity index (χ3v) is 1.87. The zero-order valence-corrected chi connectivity index (χ0v) is 9.53. The smallest absolute Gasteiger partial charge is 0.225 e. The first kappa shape index (κ1) is 12.3. The van der Waals surface area contributed by atoms with Crippen LogP contribution in [0.1, 0.15) is 19.4 Å². The van der Waals surface area contributed by atoms with E-state index in [0.717, 1.165) is 17.1 Å². The fourth-order valence-corrected chi connectivity index (χ4v) is 1.32. The SMILES string of the molecule is CCOc1cc(/C=C/[C]=O)cc(OCC)c1. The van der Waals surface area contributed by atoms with Crippen LogP contribution >= 0.6 is 0 Å². The van der Waals surface area contributed by atoms with Crippen LogP contribution in [0.5, 0.6) is 11.5 Å². The van der Waals surface area contributed by atoms with Gasteiger partial charge in [-0.3, -0.25) is 4.79 Å². The lowest BCUT2D eigenvalue weighted by Gasteiger charge is -2.08. The minimum absolute atomic E-state index is 0.596. The van der Waals surface area contributed by atoms with E-state index in [-0.39, 0.29) is 0 Å². The van der Waals surface area contributed by atoms with E-state index < -0.39 is 0 Å². The molecule has 0 bridgehead atoms. The molecule has 1 aromatic carbocycles. The summed E-state index contributed by atoms with van der Waals surface area (Å²) in [4.78, 5) is 10.1. The van der Waals surface area contributed by atoms with Crippen molar-refractivity contribution in [2.24, 2.45) is 0 Å². The van der Waals surface area contributed by atoms with Gasteiger partial charge in [-0.15, -0.1) is 0 Å². The molecule has 0 aromatic heterocycles. The summed E-state index contributed by atoms with van der Waals surface area (Å²) in [6.07, 6.45) is 4.69. The van der Waals surface area contributed by atoms with E-state index in [9.17, 15) is 4.79 Å².